The smallest absolute Gasteiger partial charge is 0.198 e. The largest absolute Gasteiger partial charge is 0.281 e. The number of rotatable bonds is 0. The van der Waals surface area contributed by atoms with Gasteiger partial charge in [0, 0.05) is 25.8 Å². The fraction of sp³-hybridized carbons (Fsp3) is 0.875. The molecule has 0 aromatic heterocycles. The molecule has 0 bridgehead atoms. The predicted octanol–water partition coefficient (Wildman–Crippen LogP) is 1.03. The molecule has 2 nitrogen and oxygen atoms in total. The molecule has 2 aliphatic heterocycles. The van der Waals surface area contributed by atoms with E-state index in [2.05, 4.69) is 12.0 Å². The van der Waals surface area contributed by atoms with Gasteiger partial charge in [-0.1, -0.05) is 0 Å². The van der Waals surface area contributed by atoms with Gasteiger partial charge in [0.2, 0.25) is 0 Å². The molecule has 56 valence electrons. The minimum Gasteiger partial charge on any atom is -0.281 e. The van der Waals surface area contributed by atoms with Crippen LogP contribution in [0.3, 0.4) is 0 Å². The number of hydrogen-bond acceptors (Lipinski definition) is 1. The summed E-state index contributed by atoms with van der Waals surface area (Å²) in [6.07, 6.45) is 3.91. The molecule has 0 aliphatic carbocycles. The molecule has 1 unspecified atom stereocenters. The number of amidine groups is 1. The molecule has 0 aromatic carbocycles. The van der Waals surface area contributed by atoms with E-state index in [-0.39, 0.29) is 0 Å². The van der Waals surface area contributed by atoms with Crippen molar-refractivity contribution in [3.8, 4) is 0 Å². The van der Waals surface area contributed by atoms with Crippen LogP contribution in [0.1, 0.15) is 19.3 Å². The average Bonchev–Trinajstić information content (AvgIpc) is 2.29. The van der Waals surface area contributed by atoms with Gasteiger partial charge in [0.15, 0.2) is 5.84 Å². The van der Waals surface area contributed by atoms with Crippen molar-refractivity contribution in [1.29, 1.82) is 0 Å². The lowest BCUT2D eigenvalue weighted by Gasteiger charge is -2.31. The molecule has 2 heteroatoms. The van der Waals surface area contributed by atoms with Crippen LogP contribution in [0.15, 0.2) is 4.99 Å². The third-order valence-corrected chi connectivity index (χ3v) is 2.78. The zero-order valence-corrected chi connectivity index (χ0v) is 6.64. The second kappa shape index (κ2) is 2.06. The Morgan fingerprint density at radius 2 is 2.10 bits per heavy atom. The van der Waals surface area contributed by atoms with Gasteiger partial charge in [0.1, 0.15) is 0 Å². The number of quaternary nitrogens is 1. The van der Waals surface area contributed by atoms with Crippen molar-refractivity contribution in [2.24, 2.45) is 4.99 Å². The average molecular weight is 139 g/mol. The van der Waals surface area contributed by atoms with E-state index in [0.29, 0.717) is 0 Å². The van der Waals surface area contributed by atoms with Crippen molar-refractivity contribution in [2.75, 3.05) is 26.7 Å². The van der Waals surface area contributed by atoms with Crippen molar-refractivity contribution in [1.82, 2.24) is 0 Å². The van der Waals surface area contributed by atoms with Crippen molar-refractivity contribution >= 4 is 5.84 Å². The first-order chi connectivity index (χ1) is 4.81. The molecule has 0 saturated carbocycles. The first kappa shape index (κ1) is 6.35. The first-order valence-electron chi connectivity index (χ1n) is 4.20. The Balaban J connectivity index is 2.28. The Hall–Kier alpha value is -0.370. The Kier molecular flexibility index (Phi) is 1.31. The molecule has 2 heterocycles. The lowest BCUT2D eigenvalue weighted by atomic mass is 10.3. The van der Waals surface area contributed by atoms with Crippen molar-refractivity contribution in [2.45, 2.75) is 19.3 Å². The highest BCUT2D eigenvalue weighted by molar-refractivity contribution is 5.77. The molecule has 0 amide bonds. The fourth-order valence-electron chi connectivity index (χ4n) is 2.10. The summed E-state index contributed by atoms with van der Waals surface area (Å²) in [5, 5.41) is 0. The maximum atomic E-state index is 4.55. The van der Waals surface area contributed by atoms with Crippen LogP contribution in [0.25, 0.3) is 0 Å². The van der Waals surface area contributed by atoms with Gasteiger partial charge in [-0.05, 0) is 0 Å². The van der Waals surface area contributed by atoms with Crippen LogP contribution in [0, 0.1) is 0 Å². The van der Waals surface area contributed by atoms with Crippen molar-refractivity contribution in [3.63, 3.8) is 0 Å². The summed E-state index contributed by atoms with van der Waals surface area (Å²) in [5.74, 6) is 1.46. The molecule has 2 aliphatic rings. The standard InChI is InChI=1S/C8H15N2/c1-10-6-2-4-8(10)9-5-3-7-10/h2-7H2,1H3/q+1. The molecule has 0 spiro atoms. The lowest BCUT2D eigenvalue weighted by Crippen LogP contribution is -2.48. The van der Waals surface area contributed by atoms with Crippen LogP contribution in [0.4, 0.5) is 0 Å². The third kappa shape index (κ3) is 0.788. The van der Waals surface area contributed by atoms with Crippen LogP contribution < -0.4 is 0 Å². The highest BCUT2D eigenvalue weighted by Gasteiger charge is 2.36. The van der Waals surface area contributed by atoms with Gasteiger partial charge in [-0.3, -0.25) is 4.48 Å². The summed E-state index contributed by atoms with van der Waals surface area (Å²) >= 11 is 0. The Labute approximate surface area is 62.1 Å². The minimum absolute atomic E-state index is 1.09. The highest BCUT2D eigenvalue weighted by atomic mass is 15.4. The topological polar surface area (TPSA) is 12.4 Å². The van der Waals surface area contributed by atoms with E-state index >= 15 is 0 Å². The van der Waals surface area contributed by atoms with E-state index in [1.807, 2.05) is 0 Å². The molecule has 10 heavy (non-hydrogen) atoms. The maximum Gasteiger partial charge on any atom is 0.198 e. The van der Waals surface area contributed by atoms with Gasteiger partial charge in [-0.25, -0.2) is 4.99 Å². The van der Waals surface area contributed by atoms with E-state index in [1.165, 1.54) is 42.7 Å². The molecular weight excluding hydrogens is 124 g/mol. The zero-order valence-electron chi connectivity index (χ0n) is 6.64. The van der Waals surface area contributed by atoms with E-state index in [0.717, 1.165) is 6.54 Å². The van der Waals surface area contributed by atoms with Gasteiger partial charge < -0.3 is 0 Å². The molecular formula is C8H15N2+. The van der Waals surface area contributed by atoms with Crippen LogP contribution in [0.2, 0.25) is 0 Å². The number of hydrogen-bond donors (Lipinski definition) is 0. The molecule has 1 saturated heterocycles. The number of fused-ring (bicyclic) bond motifs is 1. The van der Waals surface area contributed by atoms with E-state index in [9.17, 15) is 0 Å². The van der Waals surface area contributed by atoms with Gasteiger partial charge >= 0.3 is 0 Å². The van der Waals surface area contributed by atoms with Crippen LogP contribution in [0.5, 0.6) is 0 Å². The minimum atomic E-state index is 1.09. The predicted molar refractivity (Wildman–Crippen MR) is 42.1 cm³/mol. The van der Waals surface area contributed by atoms with Gasteiger partial charge in [0.05, 0.1) is 20.1 Å². The Morgan fingerprint density at radius 3 is 2.90 bits per heavy atom. The van der Waals surface area contributed by atoms with E-state index in [1.54, 1.807) is 0 Å². The molecule has 1 atom stereocenters. The molecule has 0 aromatic rings. The monoisotopic (exact) mass is 139 g/mol. The quantitative estimate of drug-likeness (QED) is 0.444. The van der Waals surface area contributed by atoms with E-state index in [4.69, 9.17) is 0 Å². The summed E-state index contributed by atoms with van der Waals surface area (Å²) in [5.41, 5.74) is 0. The summed E-state index contributed by atoms with van der Waals surface area (Å²) in [6.45, 7) is 3.75. The summed E-state index contributed by atoms with van der Waals surface area (Å²) in [6, 6.07) is 0. The summed E-state index contributed by atoms with van der Waals surface area (Å²) < 4.78 is 1.17. The Bertz CT molecular complexity index is 174. The van der Waals surface area contributed by atoms with Crippen molar-refractivity contribution in [3.05, 3.63) is 0 Å². The Morgan fingerprint density at radius 1 is 1.30 bits per heavy atom. The number of nitrogens with zero attached hydrogens (tertiary/aromatic N) is 2. The number of aliphatic imine (C=N–C) groups is 1. The van der Waals surface area contributed by atoms with Gasteiger partial charge in [-0.15, -0.1) is 0 Å². The molecule has 1 fully saturated rings. The van der Waals surface area contributed by atoms with Gasteiger partial charge in [0.25, 0.3) is 0 Å². The van der Waals surface area contributed by atoms with Crippen LogP contribution in [-0.4, -0.2) is 37.0 Å². The first-order valence-corrected chi connectivity index (χ1v) is 4.20. The molecule has 0 N–H and O–H groups in total. The lowest BCUT2D eigenvalue weighted by molar-refractivity contribution is -0.816. The summed E-state index contributed by atoms with van der Waals surface area (Å²) in [4.78, 5) is 4.55. The second-order valence-electron chi connectivity index (χ2n) is 3.60. The van der Waals surface area contributed by atoms with Crippen LogP contribution >= 0.6 is 0 Å². The normalized spacial score (nSPS) is 39.1. The fourth-order valence-corrected chi connectivity index (χ4v) is 2.10. The molecule has 0 radical (unpaired) electrons. The summed E-state index contributed by atoms with van der Waals surface area (Å²) in [7, 11) is 2.32. The van der Waals surface area contributed by atoms with Gasteiger partial charge in [-0.2, -0.15) is 0 Å². The van der Waals surface area contributed by atoms with E-state index < -0.39 is 0 Å². The van der Waals surface area contributed by atoms with Crippen molar-refractivity contribution < 1.29 is 4.48 Å². The second-order valence-corrected chi connectivity index (χ2v) is 3.60. The SMILES string of the molecule is C[N+]12CCCN=C1CCC2. The maximum absolute atomic E-state index is 4.55. The van der Waals surface area contributed by atoms with Crippen LogP contribution in [-0.2, 0) is 0 Å². The molecule has 2 rings (SSSR count). The highest BCUT2D eigenvalue weighted by Crippen LogP contribution is 2.22. The third-order valence-electron chi connectivity index (χ3n) is 2.78. The zero-order chi connectivity index (χ0) is 7.03.